The Bertz CT molecular complexity index is 868. The molecule has 0 aliphatic carbocycles. The van der Waals surface area contributed by atoms with E-state index in [0.29, 0.717) is 10.8 Å². The molecule has 7 nitrogen and oxygen atoms in total. The van der Waals surface area contributed by atoms with Gasteiger partial charge in [0.05, 0.1) is 26.7 Å². The summed E-state index contributed by atoms with van der Waals surface area (Å²) in [7, 11) is 2.83. The Balaban J connectivity index is 2.21. The van der Waals surface area contributed by atoms with E-state index in [1.807, 2.05) is 0 Å². The molecule has 0 bridgehead atoms. The second kappa shape index (κ2) is 11.2. The third kappa shape index (κ3) is 7.08. The number of ether oxygens (including phenoxy) is 2. The summed E-state index contributed by atoms with van der Waals surface area (Å²) in [5, 5.41) is 3.38. The van der Waals surface area contributed by atoms with Crippen LogP contribution in [0, 0.1) is 0 Å². The minimum absolute atomic E-state index is 0.0174. The highest BCUT2D eigenvalue weighted by Gasteiger charge is 2.23. The average molecular weight is 433 g/mol. The van der Waals surface area contributed by atoms with E-state index in [0.717, 1.165) is 11.1 Å². The van der Waals surface area contributed by atoms with Crippen LogP contribution >= 0.6 is 11.6 Å². The smallest absolute Gasteiger partial charge is 0.325 e. The number of nitrogens with zero attached hydrogens (tertiary/aromatic N) is 1. The van der Waals surface area contributed by atoms with Gasteiger partial charge < -0.3 is 19.7 Å². The molecule has 2 aromatic carbocycles. The van der Waals surface area contributed by atoms with Gasteiger partial charge in [-0.15, -0.1) is 0 Å². The molecule has 2 amide bonds. The van der Waals surface area contributed by atoms with E-state index in [-0.39, 0.29) is 31.3 Å². The lowest BCUT2D eigenvalue weighted by Crippen LogP contribution is -2.38. The molecule has 0 radical (unpaired) electrons. The second-order valence-corrected chi connectivity index (χ2v) is 7.12. The number of methoxy groups -OCH3 is 2. The molecule has 0 aromatic heterocycles. The van der Waals surface area contributed by atoms with Gasteiger partial charge in [-0.05, 0) is 35.4 Å². The molecule has 2 rings (SSSR count). The fourth-order valence-corrected chi connectivity index (χ4v) is 3.03. The number of hydrogen-bond acceptors (Lipinski definition) is 5. The van der Waals surface area contributed by atoms with E-state index in [1.165, 1.54) is 18.9 Å². The lowest BCUT2D eigenvalue weighted by atomic mass is 10.0. The van der Waals surface area contributed by atoms with Crippen LogP contribution in [0.3, 0.4) is 0 Å². The molecule has 0 aliphatic rings. The molecule has 1 unspecified atom stereocenters. The van der Waals surface area contributed by atoms with Crippen LogP contribution in [0.1, 0.15) is 30.5 Å². The van der Waals surface area contributed by atoms with Crippen molar-refractivity contribution in [3.05, 3.63) is 64.7 Å². The molecule has 1 N–H and O–H groups in total. The minimum Gasteiger partial charge on any atom is -0.497 e. The van der Waals surface area contributed by atoms with Crippen LogP contribution in [-0.2, 0) is 25.7 Å². The summed E-state index contributed by atoms with van der Waals surface area (Å²) < 4.78 is 9.89. The molecule has 0 fully saturated rings. The largest absolute Gasteiger partial charge is 0.497 e. The van der Waals surface area contributed by atoms with Gasteiger partial charge in [0.2, 0.25) is 11.8 Å². The monoisotopic (exact) mass is 432 g/mol. The number of hydrogen-bond donors (Lipinski definition) is 1. The van der Waals surface area contributed by atoms with Gasteiger partial charge in [0.25, 0.3) is 0 Å². The molecule has 1 atom stereocenters. The molecular formula is C22H25ClN2O5. The molecule has 0 aliphatic heterocycles. The van der Waals surface area contributed by atoms with Crippen LogP contribution in [0.25, 0.3) is 0 Å². The molecule has 2 aromatic rings. The van der Waals surface area contributed by atoms with E-state index in [2.05, 4.69) is 5.32 Å². The van der Waals surface area contributed by atoms with E-state index >= 15 is 0 Å². The Morgan fingerprint density at radius 3 is 2.20 bits per heavy atom. The van der Waals surface area contributed by atoms with Gasteiger partial charge in [0.15, 0.2) is 0 Å². The van der Waals surface area contributed by atoms with Crippen LogP contribution in [0.15, 0.2) is 48.5 Å². The summed E-state index contributed by atoms with van der Waals surface area (Å²) in [4.78, 5) is 38.0. The van der Waals surface area contributed by atoms with Crippen molar-refractivity contribution in [2.45, 2.75) is 25.9 Å². The predicted molar refractivity (Wildman–Crippen MR) is 113 cm³/mol. The van der Waals surface area contributed by atoms with Crippen LogP contribution in [0.2, 0.25) is 5.02 Å². The van der Waals surface area contributed by atoms with Gasteiger partial charge in [0.1, 0.15) is 12.3 Å². The molecule has 0 spiro atoms. The summed E-state index contributed by atoms with van der Waals surface area (Å²) in [5.41, 5.74) is 1.57. The van der Waals surface area contributed by atoms with Gasteiger partial charge in [0, 0.05) is 18.5 Å². The van der Waals surface area contributed by atoms with Crippen LogP contribution in [0.4, 0.5) is 0 Å². The highest BCUT2D eigenvalue weighted by Crippen LogP contribution is 2.22. The number of nitrogens with one attached hydrogen (secondary N) is 1. The maximum atomic E-state index is 13.1. The Hall–Kier alpha value is -3.06. The third-order valence-electron chi connectivity index (χ3n) is 4.46. The van der Waals surface area contributed by atoms with E-state index in [9.17, 15) is 14.4 Å². The number of benzene rings is 2. The first kappa shape index (κ1) is 23.2. The normalized spacial score (nSPS) is 11.3. The first-order chi connectivity index (χ1) is 14.3. The number of halogens is 1. The highest BCUT2D eigenvalue weighted by atomic mass is 35.5. The van der Waals surface area contributed by atoms with Gasteiger partial charge >= 0.3 is 5.97 Å². The van der Waals surface area contributed by atoms with Gasteiger partial charge in [-0.1, -0.05) is 35.9 Å². The van der Waals surface area contributed by atoms with E-state index < -0.39 is 12.0 Å². The Labute approximate surface area is 180 Å². The molecule has 0 heterocycles. The molecule has 160 valence electrons. The summed E-state index contributed by atoms with van der Waals surface area (Å²) in [6.07, 6.45) is -0.0174. The summed E-state index contributed by atoms with van der Waals surface area (Å²) in [6, 6.07) is 13.6. The van der Waals surface area contributed by atoms with Gasteiger partial charge in [-0.2, -0.15) is 0 Å². The SMILES string of the molecule is COC(=O)CN(Cc1ccc(Cl)cc1)C(=O)CC(NC(C)=O)c1ccc(OC)cc1. The maximum Gasteiger partial charge on any atom is 0.325 e. The molecular weight excluding hydrogens is 408 g/mol. The van der Waals surface area contributed by atoms with Crippen molar-refractivity contribution < 1.29 is 23.9 Å². The number of amides is 2. The quantitative estimate of drug-likeness (QED) is 0.615. The Morgan fingerprint density at radius 1 is 1.03 bits per heavy atom. The highest BCUT2D eigenvalue weighted by molar-refractivity contribution is 6.30. The number of rotatable bonds is 9. The third-order valence-corrected chi connectivity index (χ3v) is 4.71. The fourth-order valence-electron chi connectivity index (χ4n) is 2.90. The standard InChI is InChI=1S/C22H25ClN2O5/c1-15(26)24-20(17-6-10-19(29-2)11-7-17)12-21(27)25(14-22(28)30-3)13-16-4-8-18(23)9-5-16/h4-11,20H,12-14H2,1-3H3,(H,24,26). The first-order valence-corrected chi connectivity index (χ1v) is 9.70. The summed E-state index contributed by atoms with van der Waals surface area (Å²) in [5.74, 6) is -0.426. The fraction of sp³-hybridized carbons (Fsp3) is 0.318. The Kier molecular flexibility index (Phi) is 8.68. The van der Waals surface area contributed by atoms with Crippen molar-refractivity contribution in [3.8, 4) is 5.75 Å². The molecule has 0 saturated heterocycles. The zero-order valence-corrected chi connectivity index (χ0v) is 17.9. The predicted octanol–water partition coefficient (Wildman–Crippen LogP) is 3.12. The molecule has 30 heavy (non-hydrogen) atoms. The van der Waals surface area contributed by atoms with E-state index in [1.54, 1.807) is 55.6 Å². The first-order valence-electron chi connectivity index (χ1n) is 9.32. The van der Waals surface area contributed by atoms with Crippen molar-refractivity contribution >= 4 is 29.4 Å². The molecule has 0 saturated carbocycles. The van der Waals surface area contributed by atoms with Gasteiger partial charge in [-0.25, -0.2) is 0 Å². The second-order valence-electron chi connectivity index (χ2n) is 6.68. The zero-order valence-electron chi connectivity index (χ0n) is 17.2. The van der Waals surface area contributed by atoms with Crippen LogP contribution < -0.4 is 10.1 Å². The van der Waals surface area contributed by atoms with Crippen molar-refractivity contribution in [2.75, 3.05) is 20.8 Å². The number of carbonyl (C=O) groups excluding carboxylic acids is 3. The summed E-state index contributed by atoms with van der Waals surface area (Å²) in [6.45, 7) is 1.40. The van der Waals surface area contributed by atoms with E-state index in [4.69, 9.17) is 21.1 Å². The lowest BCUT2D eigenvalue weighted by Gasteiger charge is -2.25. The molecule has 8 heteroatoms. The van der Waals surface area contributed by atoms with Crippen molar-refractivity contribution in [1.29, 1.82) is 0 Å². The summed E-state index contributed by atoms with van der Waals surface area (Å²) >= 11 is 5.92. The lowest BCUT2D eigenvalue weighted by molar-refractivity contribution is -0.147. The van der Waals surface area contributed by atoms with Crippen molar-refractivity contribution in [2.24, 2.45) is 0 Å². The van der Waals surface area contributed by atoms with Crippen LogP contribution in [0.5, 0.6) is 5.75 Å². The van der Waals surface area contributed by atoms with Crippen molar-refractivity contribution in [3.63, 3.8) is 0 Å². The minimum atomic E-state index is -0.550. The van der Waals surface area contributed by atoms with Crippen LogP contribution in [-0.4, -0.2) is 43.4 Å². The topological polar surface area (TPSA) is 84.9 Å². The van der Waals surface area contributed by atoms with Crippen molar-refractivity contribution in [1.82, 2.24) is 10.2 Å². The zero-order chi connectivity index (χ0) is 22.1. The number of esters is 1. The maximum absolute atomic E-state index is 13.1. The Morgan fingerprint density at radius 2 is 1.67 bits per heavy atom. The van der Waals surface area contributed by atoms with Gasteiger partial charge in [-0.3, -0.25) is 14.4 Å². The number of carbonyl (C=O) groups is 3. The average Bonchev–Trinajstić information content (AvgIpc) is 2.73.